The lowest BCUT2D eigenvalue weighted by Crippen LogP contribution is -2.40. The van der Waals surface area contributed by atoms with Gasteiger partial charge in [-0.2, -0.15) is 0 Å². The number of rotatable bonds is 6. The summed E-state index contributed by atoms with van der Waals surface area (Å²) in [5.41, 5.74) is 0. The fraction of sp³-hybridized carbons (Fsp3) is 0.462. The Kier molecular flexibility index (Phi) is 5.95. The summed E-state index contributed by atoms with van der Waals surface area (Å²) in [5, 5.41) is 12.3. The first-order chi connectivity index (χ1) is 8.52. The summed E-state index contributed by atoms with van der Waals surface area (Å²) in [7, 11) is 0. The monoisotopic (exact) mass is 271 g/mol. The molecule has 0 spiro atoms. The third-order valence-electron chi connectivity index (χ3n) is 2.70. The van der Waals surface area contributed by atoms with Crippen LogP contribution >= 0.6 is 11.6 Å². The Morgan fingerprint density at radius 1 is 1.50 bits per heavy atom. The highest BCUT2D eigenvalue weighted by Crippen LogP contribution is 2.16. The Morgan fingerprint density at radius 2 is 2.22 bits per heavy atom. The van der Waals surface area contributed by atoms with E-state index < -0.39 is 0 Å². The van der Waals surface area contributed by atoms with Gasteiger partial charge in [0.25, 0.3) is 5.91 Å². The average Bonchev–Trinajstić information content (AvgIpc) is 2.35. The molecule has 18 heavy (non-hydrogen) atoms. The van der Waals surface area contributed by atoms with Crippen LogP contribution in [-0.4, -0.2) is 30.3 Å². The van der Waals surface area contributed by atoms with E-state index in [1.165, 1.54) is 0 Å². The van der Waals surface area contributed by atoms with Crippen LogP contribution in [0.15, 0.2) is 24.3 Å². The second kappa shape index (κ2) is 7.24. The predicted molar refractivity (Wildman–Crippen MR) is 70.8 cm³/mol. The van der Waals surface area contributed by atoms with Gasteiger partial charge in [-0.3, -0.25) is 4.79 Å². The molecule has 0 fully saturated rings. The minimum absolute atomic E-state index is 0.0140. The molecular formula is C13H18ClNO3. The smallest absolute Gasteiger partial charge is 0.258 e. The second-order valence-electron chi connectivity index (χ2n) is 4.26. The van der Waals surface area contributed by atoms with E-state index in [0.717, 1.165) is 0 Å². The van der Waals surface area contributed by atoms with E-state index in [4.69, 9.17) is 21.4 Å². The molecule has 0 radical (unpaired) electrons. The quantitative estimate of drug-likeness (QED) is 0.830. The minimum Gasteiger partial charge on any atom is -0.484 e. The summed E-state index contributed by atoms with van der Waals surface area (Å²) in [6, 6.07) is 6.78. The molecule has 0 saturated carbocycles. The lowest BCUT2D eigenvalue weighted by Gasteiger charge is -2.19. The largest absolute Gasteiger partial charge is 0.484 e. The van der Waals surface area contributed by atoms with Crippen LogP contribution in [0.3, 0.4) is 0 Å². The van der Waals surface area contributed by atoms with Crippen molar-refractivity contribution in [3.8, 4) is 5.75 Å². The summed E-state index contributed by atoms with van der Waals surface area (Å²) in [5.74, 6) is 0.350. The molecule has 4 nitrogen and oxygen atoms in total. The van der Waals surface area contributed by atoms with Crippen molar-refractivity contribution >= 4 is 17.5 Å². The number of carbonyl (C=O) groups excluding carboxylic acids is 1. The predicted octanol–water partition coefficient (Wildman–Crippen LogP) is 1.85. The van der Waals surface area contributed by atoms with Crippen molar-refractivity contribution < 1.29 is 14.6 Å². The van der Waals surface area contributed by atoms with Gasteiger partial charge in [-0.1, -0.05) is 24.6 Å². The normalized spacial score (nSPS) is 13.8. The molecule has 1 amide bonds. The highest BCUT2D eigenvalue weighted by molar-refractivity contribution is 6.30. The highest BCUT2D eigenvalue weighted by Gasteiger charge is 2.14. The van der Waals surface area contributed by atoms with E-state index in [2.05, 4.69) is 5.32 Å². The average molecular weight is 272 g/mol. The van der Waals surface area contributed by atoms with Crippen LogP contribution in [0.25, 0.3) is 0 Å². The Balaban J connectivity index is 2.37. The van der Waals surface area contributed by atoms with Gasteiger partial charge in [0.15, 0.2) is 6.61 Å². The van der Waals surface area contributed by atoms with Crippen LogP contribution in [0.1, 0.15) is 13.8 Å². The van der Waals surface area contributed by atoms with Gasteiger partial charge in [0, 0.05) is 17.7 Å². The Bertz CT molecular complexity index is 398. The van der Waals surface area contributed by atoms with Crippen molar-refractivity contribution in [1.82, 2.24) is 5.32 Å². The number of aliphatic hydroxyl groups is 1. The Labute approximate surface area is 112 Å². The van der Waals surface area contributed by atoms with E-state index in [9.17, 15) is 4.79 Å². The van der Waals surface area contributed by atoms with E-state index >= 15 is 0 Å². The first kappa shape index (κ1) is 14.8. The zero-order valence-corrected chi connectivity index (χ0v) is 11.3. The van der Waals surface area contributed by atoms with E-state index in [1.54, 1.807) is 24.3 Å². The fourth-order valence-corrected chi connectivity index (χ4v) is 1.48. The molecule has 100 valence electrons. The number of ether oxygens (including phenoxy) is 1. The van der Waals surface area contributed by atoms with Gasteiger partial charge in [-0.25, -0.2) is 0 Å². The third kappa shape index (κ3) is 4.94. The molecule has 5 heteroatoms. The number of halogens is 1. The molecule has 0 bridgehead atoms. The maximum absolute atomic E-state index is 11.6. The van der Waals surface area contributed by atoms with Gasteiger partial charge < -0.3 is 15.2 Å². The van der Waals surface area contributed by atoms with Crippen LogP contribution in [0.4, 0.5) is 0 Å². The number of benzene rings is 1. The molecule has 1 aromatic rings. The SMILES string of the molecule is CC(CO)C(C)NC(=O)COc1cccc(Cl)c1. The van der Waals surface area contributed by atoms with Crippen LogP contribution in [0.2, 0.25) is 5.02 Å². The van der Waals surface area contributed by atoms with Crippen molar-refractivity contribution in [1.29, 1.82) is 0 Å². The lowest BCUT2D eigenvalue weighted by molar-refractivity contribution is -0.124. The molecular weight excluding hydrogens is 254 g/mol. The molecule has 0 aliphatic carbocycles. The van der Waals surface area contributed by atoms with E-state index in [-0.39, 0.29) is 31.1 Å². The summed E-state index contributed by atoms with van der Waals surface area (Å²) < 4.78 is 5.30. The lowest BCUT2D eigenvalue weighted by atomic mass is 10.1. The molecule has 0 aliphatic heterocycles. The molecule has 2 unspecified atom stereocenters. The zero-order chi connectivity index (χ0) is 13.5. The molecule has 1 rings (SSSR count). The molecule has 1 aromatic carbocycles. The first-order valence-corrected chi connectivity index (χ1v) is 6.19. The minimum atomic E-state index is -0.220. The summed E-state index contributed by atoms with van der Waals surface area (Å²) in [4.78, 5) is 11.6. The topological polar surface area (TPSA) is 58.6 Å². The Morgan fingerprint density at radius 3 is 2.83 bits per heavy atom. The van der Waals surface area contributed by atoms with E-state index in [1.807, 2.05) is 13.8 Å². The van der Waals surface area contributed by atoms with Crippen molar-refractivity contribution in [3.63, 3.8) is 0 Å². The van der Waals surface area contributed by atoms with Gasteiger partial charge in [0.2, 0.25) is 0 Å². The molecule has 0 saturated heterocycles. The maximum atomic E-state index is 11.6. The number of nitrogens with one attached hydrogen (secondary N) is 1. The molecule has 0 aliphatic rings. The number of hydrogen-bond acceptors (Lipinski definition) is 3. The van der Waals surface area contributed by atoms with Gasteiger partial charge in [-0.05, 0) is 31.0 Å². The van der Waals surface area contributed by atoms with Crippen LogP contribution < -0.4 is 10.1 Å². The van der Waals surface area contributed by atoms with Crippen molar-refractivity contribution in [2.45, 2.75) is 19.9 Å². The molecule has 0 heterocycles. The third-order valence-corrected chi connectivity index (χ3v) is 2.93. The highest BCUT2D eigenvalue weighted by atomic mass is 35.5. The van der Waals surface area contributed by atoms with Crippen molar-refractivity contribution in [2.75, 3.05) is 13.2 Å². The number of hydrogen-bond donors (Lipinski definition) is 2. The molecule has 0 aromatic heterocycles. The maximum Gasteiger partial charge on any atom is 0.258 e. The Hall–Kier alpha value is -1.26. The van der Waals surface area contributed by atoms with Gasteiger partial charge in [-0.15, -0.1) is 0 Å². The summed E-state index contributed by atoms with van der Waals surface area (Å²) in [6.07, 6.45) is 0. The molecule has 2 N–H and O–H groups in total. The first-order valence-electron chi connectivity index (χ1n) is 5.81. The van der Waals surface area contributed by atoms with Crippen molar-refractivity contribution in [2.24, 2.45) is 5.92 Å². The van der Waals surface area contributed by atoms with Crippen LogP contribution in [0.5, 0.6) is 5.75 Å². The number of carbonyl (C=O) groups is 1. The fourth-order valence-electron chi connectivity index (χ4n) is 1.30. The summed E-state index contributed by atoms with van der Waals surface area (Å²) >= 11 is 5.80. The molecule has 2 atom stereocenters. The van der Waals surface area contributed by atoms with Gasteiger partial charge >= 0.3 is 0 Å². The van der Waals surface area contributed by atoms with Crippen molar-refractivity contribution in [3.05, 3.63) is 29.3 Å². The van der Waals surface area contributed by atoms with Gasteiger partial charge in [0.05, 0.1) is 0 Å². The number of amides is 1. The number of aliphatic hydroxyl groups excluding tert-OH is 1. The van der Waals surface area contributed by atoms with E-state index in [0.29, 0.717) is 10.8 Å². The zero-order valence-electron chi connectivity index (χ0n) is 10.5. The van der Waals surface area contributed by atoms with Crippen LogP contribution in [0, 0.1) is 5.92 Å². The van der Waals surface area contributed by atoms with Crippen LogP contribution in [-0.2, 0) is 4.79 Å². The summed E-state index contributed by atoms with van der Waals surface area (Å²) in [6.45, 7) is 3.68. The second-order valence-corrected chi connectivity index (χ2v) is 4.70. The van der Waals surface area contributed by atoms with Gasteiger partial charge in [0.1, 0.15) is 5.75 Å². The standard InChI is InChI=1S/C13H18ClNO3/c1-9(7-16)10(2)15-13(17)8-18-12-5-3-4-11(14)6-12/h3-6,9-10,16H,7-8H2,1-2H3,(H,15,17).